The Morgan fingerprint density at radius 3 is 2.67 bits per heavy atom. The summed E-state index contributed by atoms with van der Waals surface area (Å²) in [7, 11) is 1.36. The predicted molar refractivity (Wildman–Crippen MR) is 60.5 cm³/mol. The summed E-state index contributed by atoms with van der Waals surface area (Å²) in [6.45, 7) is 5.89. The van der Waals surface area contributed by atoms with Gasteiger partial charge in [-0.3, -0.25) is 0 Å². The Kier molecular flexibility index (Phi) is 7.64. The zero-order valence-corrected chi connectivity index (χ0v) is 9.58. The maximum absolute atomic E-state index is 11.0. The number of carbonyl (C=O) groups excluding carboxylic acids is 1. The normalized spacial score (nSPS) is 11.3. The predicted octanol–water partition coefficient (Wildman–Crippen LogP) is 2.21. The molecule has 86 valence electrons. The molecule has 0 amide bonds. The number of rotatable bonds is 7. The Hall–Kier alpha value is -1.09. The van der Waals surface area contributed by atoms with Gasteiger partial charge >= 0.3 is 5.97 Å². The zero-order chi connectivity index (χ0) is 11.7. The monoisotopic (exact) mass is 212 g/mol. The van der Waals surface area contributed by atoms with Gasteiger partial charge in [-0.15, -0.1) is 0 Å². The summed E-state index contributed by atoms with van der Waals surface area (Å²) >= 11 is 0. The minimum Gasteiger partial charge on any atom is -0.466 e. The molecule has 0 atom stereocenters. The van der Waals surface area contributed by atoms with Gasteiger partial charge in [0.15, 0.2) is 0 Å². The van der Waals surface area contributed by atoms with Crippen LogP contribution in [0.3, 0.4) is 0 Å². The number of carbonyl (C=O) groups is 1. The number of aliphatic hydroxyl groups is 1. The smallest absolute Gasteiger partial charge is 0.333 e. The van der Waals surface area contributed by atoms with Crippen molar-refractivity contribution >= 4 is 5.97 Å². The molecular formula is C12H20O3. The highest BCUT2D eigenvalue weighted by molar-refractivity contribution is 5.87. The van der Waals surface area contributed by atoms with Crippen LogP contribution in [0.25, 0.3) is 0 Å². The number of ether oxygens (including phenoxy) is 1. The molecule has 3 heteroatoms. The van der Waals surface area contributed by atoms with Crippen molar-refractivity contribution in [3.8, 4) is 0 Å². The topological polar surface area (TPSA) is 46.5 Å². The fraction of sp³-hybridized carbons (Fsp3) is 0.583. The van der Waals surface area contributed by atoms with Crippen LogP contribution >= 0.6 is 0 Å². The Labute approximate surface area is 91.4 Å². The Morgan fingerprint density at radius 2 is 2.13 bits per heavy atom. The highest BCUT2D eigenvalue weighted by Gasteiger charge is 2.04. The molecule has 0 aliphatic heterocycles. The van der Waals surface area contributed by atoms with Crippen molar-refractivity contribution < 1.29 is 14.6 Å². The van der Waals surface area contributed by atoms with Crippen molar-refractivity contribution in [3.63, 3.8) is 0 Å². The highest BCUT2D eigenvalue weighted by Crippen LogP contribution is 2.09. The maximum Gasteiger partial charge on any atom is 0.333 e. The first-order chi connectivity index (χ1) is 7.11. The summed E-state index contributed by atoms with van der Waals surface area (Å²) in [6, 6.07) is 0. The summed E-state index contributed by atoms with van der Waals surface area (Å²) in [6.07, 6.45) is 5.19. The number of esters is 1. The van der Waals surface area contributed by atoms with E-state index < -0.39 is 0 Å². The largest absolute Gasteiger partial charge is 0.466 e. The summed E-state index contributed by atoms with van der Waals surface area (Å²) in [5, 5.41) is 8.63. The minimum absolute atomic E-state index is 0.222. The lowest BCUT2D eigenvalue weighted by molar-refractivity contribution is -0.136. The van der Waals surface area contributed by atoms with Gasteiger partial charge in [-0.25, -0.2) is 4.79 Å². The fourth-order valence-electron chi connectivity index (χ4n) is 1.20. The number of allylic oxidation sites excluding steroid dienone is 2. The van der Waals surface area contributed by atoms with E-state index in [4.69, 9.17) is 5.11 Å². The van der Waals surface area contributed by atoms with Gasteiger partial charge < -0.3 is 9.84 Å². The van der Waals surface area contributed by atoms with Crippen LogP contribution in [0.2, 0.25) is 0 Å². The second kappa shape index (κ2) is 8.24. The molecule has 0 aliphatic rings. The van der Waals surface area contributed by atoms with Crippen LogP contribution in [0.4, 0.5) is 0 Å². The van der Waals surface area contributed by atoms with Crippen LogP contribution in [0.1, 0.15) is 32.6 Å². The second-order valence-electron chi connectivity index (χ2n) is 3.51. The molecule has 0 unspecified atom stereocenters. The molecule has 0 fully saturated rings. The van der Waals surface area contributed by atoms with Gasteiger partial charge in [0.05, 0.1) is 7.11 Å². The van der Waals surface area contributed by atoms with Crippen molar-refractivity contribution in [1.29, 1.82) is 0 Å². The number of methoxy groups -OCH3 is 1. The lowest BCUT2D eigenvalue weighted by Gasteiger charge is -2.02. The molecule has 0 bridgehead atoms. The van der Waals surface area contributed by atoms with E-state index in [-0.39, 0.29) is 12.6 Å². The standard InChI is InChI=1S/C12H20O3/c1-10(7-5-9-13)6-4-8-11(2)12(14)15-3/h6,13H,2,4-5,7-9H2,1,3H3/b10-6+. The first-order valence-electron chi connectivity index (χ1n) is 5.14. The third-order valence-electron chi connectivity index (χ3n) is 2.14. The van der Waals surface area contributed by atoms with Gasteiger partial charge in [0.2, 0.25) is 0 Å². The van der Waals surface area contributed by atoms with Crippen molar-refractivity contribution in [2.45, 2.75) is 32.6 Å². The zero-order valence-electron chi connectivity index (χ0n) is 9.58. The van der Waals surface area contributed by atoms with Gasteiger partial charge in [-0.1, -0.05) is 18.2 Å². The second-order valence-corrected chi connectivity index (χ2v) is 3.51. The van der Waals surface area contributed by atoms with Gasteiger partial charge in [0, 0.05) is 12.2 Å². The lowest BCUT2D eigenvalue weighted by Crippen LogP contribution is -2.02. The number of hydrogen-bond donors (Lipinski definition) is 1. The molecule has 0 heterocycles. The van der Waals surface area contributed by atoms with E-state index in [1.807, 2.05) is 6.92 Å². The number of hydrogen-bond acceptors (Lipinski definition) is 3. The Bertz CT molecular complexity index is 241. The maximum atomic E-state index is 11.0. The average molecular weight is 212 g/mol. The van der Waals surface area contributed by atoms with Gasteiger partial charge in [-0.05, 0) is 32.6 Å². The highest BCUT2D eigenvalue weighted by atomic mass is 16.5. The summed E-state index contributed by atoms with van der Waals surface area (Å²) in [5.74, 6) is -0.337. The minimum atomic E-state index is -0.337. The molecule has 0 saturated carbocycles. The molecule has 0 aromatic carbocycles. The molecule has 0 rings (SSSR count). The molecule has 0 aromatic rings. The third kappa shape index (κ3) is 6.91. The van der Waals surface area contributed by atoms with E-state index in [1.54, 1.807) is 0 Å². The number of aliphatic hydroxyl groups excluding tert-OH is 1. The van der Waals surface area contributed by atoms with Crippen molar-refractivity contribution in [2.24, 2.45) is 0 Å². The molecule has 0 saturated heterocycles. The molecule has 1 N–H and O–H groups in total. The SMILES string of the molecule is C=C(CC/C=C(\C)CCCO)C(=O)OC. The first-order valence-corrected chi connectivity index (χ1v) is 5.14. The summed E-state index contributed by atoms with van der Waals surface area (Å²) < 4.78 is 4.54. The van der Waals surface area contributed by atoms with E-state index >= 15 is 0 Å². The summed E-state index contributed by atoms with van der Waals surface area (Å²) in [5.41, 5.74) is 1.74. The lowest BCUT2D eigenvalue weighted by atomic mass is 10.1. The van der Waals surface area contributed by atoms with Crippen LogP contribution in [0.5, 0.6) is 0 Å². The summed E-state index contributed by atoms with van der Waals surface area (Å²) in [4.78, 5) is 11.0. The van der Waals surface area contributed by atoms with E-state index in [0.717, 1.165) is 19.3 Å². The third-order valence-corrected chi connectivity index (χ3v) is 2.14. The fourth-order valence-corrected chi connectivity index (χ4v) is 1.20. The van der Waals surface area contributed by atoms with Crippen molar-refractivity contribution in [1.82, 2.24) is 0 Å². The Balaban J connectivity index is 3.76. The van der Waals surface area contributed by atoms with E-state index in [9.17, 15) is 4.79 Å². The molecule has 0 spiro atoms. The van der Waals surface area contributed by atoms with Crippen LogP contribution in [0.15, 0.2) is 23.8 Å². The Morgan fingerprint density at radius 1 is 1.47 bits per heavy atom. The van der Waals surface area contributed by atoms with Crippen molar-refractivity contribution in [3.05, 3.63) is 23.8 Å². The van der Waals surface area contributed by atoms with Crippen LogP contribution in [-0.2, 0) is 9.53 Å². The van der Waals surface area contributed by atoms with Gasteiger partial charge in [-0.2, -0.15) is 0 Å². The molecule has 0 radical (unpaired) electrons. The van der Waals surface area contributed by atoms with Crippen molar-refractivity contribution in [2.75, 3.05) is 13.7 Å². The van der Waals surface area contributed by atoms with Gasteiger partial charge in [0.25, 0.3) is 0 Å². The molecule has 15 heavy (non-hydrogen) atoms. The average Bonchev–Trinajstić information content (AvgIpc) is 2.24. The molecular weight excluding hydrogens is 192 g/mol. The van der Waals surface area contributed by atoms with E-state index in [1.165, 1.54) is 12.7 Å². The van der Waals surface area contributed by atoms with E-state index in [0.29, 0.717) is 12.0 Å². The van der Waals surface area contributed by atoms with E-state index in [2.05, 4.69) is 17.4 Å². The molecule has 0 aliphatic carbocycles. The van der Waals surface area contributed by atoms with Gasteiger partial charge in [0.1, 0.15) is 0 Å². The first kappa shape index (κ1) is 13.9. The van der Waals surface area contributed by atoms with Crippen LogP contribution < -0.4 is 0 Å². The molecule has 3 nitrogen and oxygen atoms in total. The van der Waals surface area contributed by atoms with Crippen LogP contribution in [0, 0.1) is 0 Å². The molecule has 0 aromatic heterocycles. The quantitative estimate of drug-likeness (QED) is 0.400. The van der Waals surface area contributed by atoms with Crippen LogP contribution in [-0.4, -0.2) is 24.8 Å².